The van der Waals surface area contributed by atoms with Crippen LogP contribution in [0, 0.1) is 0 Å². The highest BCUT2D eigenvalue weighted by Gasteiger charge is 2.08. The molecule has 0 aliphatic rings. The monoisotopic (exact) mass is 286 g/mol. The average Bonchev–Trinajstić information content (AvgIpc) is 2.27. The molecule has 1 amide bonds. The fourth-order valence-electron chi connectivity index (χ4n) is 1.16. The van der Waals surface area contributed by atoms with Crippen LogP contribution < -0.4 is 15.8 Å². The van der Waals surface area contributed by atoms with Crippen molar-refractivity contribution in [3.05, 3.63) is 28.2 Å². The van der Waals surface area contributed by atoms with Crippen molar-refractivity contribution in [1.82, 2.24) is 5.32 Å². The van der Waals surface area contributed by atoms with Gasteiger partial charge in [-0.1, -0.05) is 15.9 Å². The van der Waals surface area contributed by atoms with Gasteiger partial charge in [0.1, 0.15) is 5.75 Å². The minimum atomic E-state index is -0.496. The van der Waals surface area contributed by atoms with Crippen molar-refractivity contribution in [3.8, 4) is 5.75 Å². The fourth-order valence-corrected chi connectivity index (χ4v) is 1.54. The molecule has 0 unspecified atom stereocenters. The summed E-state index contributed by atoms with van der Waals surface area (Å²) in [4.78, 5) is 11.3. The number of rotatable bonds is 4. The number of amides is 1. The Morgan fingerprint density at radius 1 is 1.62 bits per heavy atom. The lowest BCUT2D eigenvalue weighted by atomic mass is 10.2. The Kier molecular flexibility index (Phi) is 4.76. The molecule has 5 heteroatoms. The molecule has 4 nitrogen and oxygen atoms in total. The number of nitrogens with two attached hydrogens (primary N) is 1. The normalized spacial score (nSPS) is 12.0. The molecule has 0 radical (unpaired) electrons. The van der Waals surface area contributed by atoms with E-state index in [1.807, 2.05) is 18.2 Å². The molecule has 16 heavy (non-hydrogen) atoms. The predicted octanol–water partition coefficient (Wildman–Crippen LogP) is 1.42. The Balaban J connectivity index is 2.69. The van der Waals surface area contributed by atoms with Gasteiger partial charge in [-0.3, -0.25) is 4.79 Å². The standard InChI is InChI=1S/C11H15BrN2O2/c1-7(13)11(15)14-6-8-5-9(16-2)3-4-10(8)12/h3-5,7H,6,13H2,1-2H3,(H,14,15)/t7-/m1/s1. The number of hydrogen-bond acceptors (Lipinski definition) is 3. The number of carbonyl (C=O) groups excluding carboxylic acids is 1. The van der Waals surface area contributed by atoms with Crippen LogP contribution in [0.5, 0.6) is 5.75 Å². The molecular formula is C11H15BrN2O2. The quantitative estimate of drug-likeness (QED) is 0.880. The van der Waals surface area contributed by atoms with Crippen molar-refractivity contribution in [1.29, 1.82) is 0 Å². The predicted molar refractivity (Wildman–Crippen MR) is 66.2 cm³/mol. The highest BCUT2D eigenvalue weighted by atomic mass is 79.9. The smallest absolute Gasteiger partial charge is 0.236 e. The summed E-state index contributed by atoms with van der Waals surface area (Å²) in [6.45, 7) is 2.08. The first-order valence-corrected chi connectivity index (χ1v) is 5.69. The van der Waals surface area contributed by atoms with Gasteiger partial charge in [-0.15, -0.1) is 0 Å². The molecule has 1 rings (SSSR count). The van der Waals surface area contributed by atoms with Crippen LogP contribution in [-0.2, 0) is 11.3 Å². The topological polar surface area (TPSA) is 64.3 Å². The van der Waals surface area contributed by atoms with Crippen molar-refractivity contribution >= 4 is 21.8 Å². The number of halogens is 1. The summed E-state index contributed by atoms with van der Waals surface area (Å²) < 4.78 is 6.03. The van der Waals surface area contributed by atoms with Gasteiger partial charge in [0.05, 0.1) is 13.2 Å². The maximum Gasteiger partial charge on any atom is 0.236 e. The first-order valence-electron chi connectivity index (χ1n) is 4.90. The summed E-state index contributed by atoms with van der Waals surface area (Å²) in [5.41, 5.74) is 6.40. The van der Waals surface area contributed by atoms with Gasteiger partial charge in [0.15, 0.2) is 0 Å². The lowest BCUT2D eigenvalue weighted by Gasteiger charge is -2.10. The van der Waals surface area contributed by atoms with Gasteiger partial charge in [0.2, 0.25) is 5.91 Å². The van der Waals surface area contributed by atoms with Gasteiger partial charge in [-0.05, 0) is 30.7 Å². The van der Waals surface area contributed by atoms with E-state index in [1.165, 1.54) is 0 Å². The summed E-state index contributed by atoms with van der Waals surface area (Å²) >= 11 is 3.41. The van der Waals surface area contributed by atoms with E-state index >= 15 is 0 Å². The maximum absolute atomic E-state index is 11.3. The van der Waals surface area contributed by atoms with E-state index in [1.54, 1.807) is 14.0 Å². The lowest BCUT2D eigenvalue weighted by molar-refractivity contribution is -0.122. The Hall–Kier alpha value is -1.07. The van der Waals surface area contributed by atoms with E-state index < -0.39 is 6.04 Å². The van der Waals surface area contributed by atoms with Crippen LogP contribution in [0.15, 0.2) is 22.7 Å². The third kappa shape index (κ3) is 3.50. The first-order chi connectivity index (χ1) is 7.54. The van der Waals surface area contributed by atoms with E-state index in [2.05, 4.69) is 21.2 Å². The molecule has 0 heterocycles. The second-order valence-electron chi connectivity index (χ2n) is 3.46. The molecule has 0 fully saturated rings. The van der Waals surface area contributed by atoms with Crippen molar-refractivity contribution in [3.63, 3.8) is 0 Å². The van der Waals surface area contributed by atoms with Gasteiger partial charge in [-0.25, -0.2) is 0 Å². The molecule has 0 saturated heterocycles. The van der Waals surface area contributed by atoms with Crippen LogP contribution >= 0.6 is 15.9 Å². The molecule has 0 aliphatic heterocycles. The number of benzene rings is 1. The Morgan fingerprint density at radius 2 is 2.31 bits per heavy atom. The summed E-state index contributed by atoms with van der Waals surface area (Å²) in [5.74, 6) is 0.586. The number of carbonyl (C=O) groups is 1. The van der Waals surface area contributed by atoms with E-state index in [-0.39, 0.29) is 5.91 Å². The molecule has 0 aromatic heterocycles. The van der Waals surface area contributed by atoms with Crippen molar-refractivity contribution in [2.75, 3.05) is 7.11 Å². The van der Waals surface area contributed by atoms with E-state index in [9.17, 15) is 4.79 Å². The molecule has 0 saturated carbocycles. The molecule has 3 N–H and O–H groups in total. The van der Waals surface area contributed by atoms with Gasteiger partial charge in [0, 0.05) is 11.0 Å². The molecule has 1 aromatic rings. The second-order valence-corrected chi connectivity index (χ2v) is 4.32. The van der Waals surface area contributed by atoms with Crippen molar-refractivity contribution < 1.29 is 9.53 Å². The minimum absolute atomic E-state index is 0.172. The van der Waals surface area contributed by atoms with Crippen LogP contribution in [0.2, 0.25) is 0 Å². The summed E-state index contributed by atoms with van der Waals surface area (Å²) in [6, 6.07) is 5.10. The summed E-state index contributed by atoms with van der Waals surface area (Å²) in [6.07, 6.45) is 0. The third-order valence-electron chi connectivity index (χ3n) is 2.12. The molecular weight excluding hydrogens is 272 g/mol. The fraction of sp³-hybridized carbons (Fsp3) is 0.364. The maximum atomic E-state index is 11.3. The highest BCUT2D eigenvalue weighted by Crippen LogP contribution is 2.22. The number of methoxy groups -OCH3 is 1. The average molecular weight is 287 g/mol. The molecule has 0 bridgehead atoms. The van der Waals surface area contributed by atoms with Gasteiger partial charge < -0.3 is 15.8 Å². The SMILES string of the molecule is COc1ccc(Br)c(CNC(=O)[C@@H](C)N)c1. The molecule has 1 aromatic carbocycles. The molecule has 1 atom stereocenters. The second kappa shape index (κ2) is 5.86. The number of hydrogen-bond donors (Lipinski definition) is 2. The largest absolute Gasteiger partial charge is 0.497 e. The van der Waals surface area contributed by atoms with Gasteiger partial charge in [0.25, 0.3) is 0 Å². The zero-order valence-corrected chi connectivity index (χ0v) is 10.9. The van der Waals surface area contributed by atoms with E-state index in [0.717, 1.165) is 15.8 Å². The molecule has 0 aliphatic carbocycles. The zero-order chi connectivity index (χ0) is 12.1. The van der Waals surface area contributed by atoms with Crippen LogP contribution in [-0.4, -0.2) is 19.1 Å². The van der Waals surface area contributed by atoms with Crippen molar-refractivity contribution in [2.45, 2.75) is 19.5 Å². The lowest BCUT2D eigenvalue weighted by Crippen LogP contribution is -2.37. The van der Waals surface area contributed by atoms with Crippen LogP contribution in [0.4, 0.5) is 0 Å². The molecule has 88 valence electrons. The zero-order valence-electron chi connectivity index (χ0n) is 9.29. The summed E-state index contributed by atoms with van der Waals surface area (Å²) in [5, 5.41) is 2.74. The highest BCUT2D eigenvalue weighted by molar-refractivity contribution is 9.10. The van der Waals surface area contributed by atoms with Crippen LogP contribution in [0.25, 0.3) is 0 Å². The Bertz CT molecular complexity index is 380. The minimum Gasteiger partial charge on any atom is -0.497 e. The number of nitrogens with one attached hydrogen (secondary N) is 1. The Labute approximate surface area is 103 Å². The van der Waals surface area contributed by atoms with E-state index in [0.29, 0.717) is 6.54 Å². The van der Waals surface area contributed by atoms with Crippen LogP contribution in [0.3, 0.4) is 0 Å². The van der Waals surface area contributed by atoms with Gasteiger partial charge in [-0.2, -0.15) is 0 Å². The molecule has 0 spiro atoms. The van der Waals surface area contributed by atoms with Crippen LogP contribution in [0.1, 0.15) is 12.5 Å². The Morgan fingerprint density at radius 3 is 2.88 bits per heavy atom. The summed E-state index contributed by atoms with van der Waals surface area (Å²) in [7, 11) is 1.60. The number of ether oxygens (including phenoxy) is 1. The van der Waals surface area contributed by atoms with Crippen molar-refractivity contribution in [2.24, 2.45) is 5.73 Å². The van der Waals surface area contributed by atoms with E-state index in [4.69, 9.17) is 10.5 Å². The van der Waals surface area contributed by atoms with Gasteiger partial charge >= 0.3 is 0 Å². The third-order valence-corrected chi connectivity index (χ3v) is 2.89. The first kappa shape index (κ1) is 13.0.